The number of hydrogen-bond donors (Lipinski definition) is 0. The maximum atomic E-state index is 11.9. The molecule has 0 rings (SSSR count). The Morgan fingerprint density at radius 3 is 2.55 bits per heavy atom. The monoisotopic (exact) mass is 310 g/mol. The van der Waals surface area contributed by atoms with Gasteiger partial charge in [-0.3, -0.25) is 4.79 Å². The minimum atomic E-state index is -2.17. The van der Waals surface area contributed by atoms with Crippen molar-refractivity contribution < 1.29 is 18.3 Å². The van der Waals surface area contributed by atoms with Crippen molar-refractivity contribution in [3.8, 4) is 0 Å². The summed E-state index contributed by atoms with van der Waals surface area (Å²) in [6.07, 6.45) is 3.82. The maximum absolute atomic E-state index is 11.9. The van der Waals surface area contributed by atoms with Gasteiger partial charge in [-0.05, 0) is 31.9 Å². The molecule has 120 valence electrons. The molecule has 0 amide bonds. The van der Waals surface area contributed by atoms with Gasteiger partial charge in [0.25, 0.3) is 0 Å². The van der Waals surface area contributed by atoms with E-state index in [0.717, 1.165) is 37.9 Å². The second-order valence-electron chi connectivity index (χ2n) is 5.06. The second kappa shape index (κ2) is 13.7. The third-order valence-corrected chi connectivity index (χ3v) is 4.16. The number of hydrogen-bond acceptors (Lipinski definition) is 3. The average Bonchev–Trinajstić information content (AvgIpc) is 2.40. The largest absolute Gasteiger partial charge is 0.465 e. The fraction of sp³-hybridized carbons (Fsp3) is 0.933. The molecule has 0 spiro atoms. The van der Waals surface area contributed by atoms with Crippen LogP contribution in [0.5, 0.6) is 0 Å². The molecule has 0 N–H and O–H groups in total. The predicted molar refractivity (Wildman–Crippen MR) is 81.5 cm³/mol. The summed E-state index contributed by atoms with van der Waals surface area (Å²) in [6, 6.07) is 0. The lowest BCUT2D eigenvalue weighted by Crippen LogP contribution is -2.13. The molecule has 1 atom stereocenters. The maximum Gasteiger partial charge on any atom is 0.305 e. The third-order valence-electron chi connectivity index (χ3n) is 2.93. The fourth-order valence-electron chi connectivity index (χ4n) is 1.71. The molecular formula is C15H28F2O2S. The van der Waals surface area contributed by atoms with Crippen LogP contribution in [0, 0.1) is 0 Å². The summed E-state index contributed by atoms with van der Waals surface area (Å²) in [5, 5.41) is 0.278. The van der Waals surface area contributed by atoms with Crippen LogP contribution in [0.2, 0.25) is 0 Å². The Labute approximate surface area is 126 Å². The summed E-state index contributed by atoms with van der Waals surface area (Å²) in [4.78, 5) is 11.4. The van der Waals surface area contributed by atoms with E-state index in [1.807, 2.05) is 6.92 Å². The van der Waals surface area contributed by atoms with Gasteiger partial charge in [0.05, 0.1) is 0 Å². The van der Waals surface area contributed by atoms with Gasteiger partial charge in [0.1, 0.15) is 6.61 Å². The molecule has 0 saturated carbocycles. The van der Waals surface area contributed by atoms with Gasteiger partial charge in [0, 0.05) is 18.1 Å². The summed E-state index contributed by atoms with van der Waals surface area (Å²) < 4.78 is 29.0. The van der Waals surface area contributed by atoms with E-state index >= 15 is 0 Å². The molecule has 0 aliphatic carbocycles. The van der Waals surface area contributed by atoms with Crippen molar-refractivity contribution in [2.24, 2.45) is 0 Å². The van der Waals surface area contributed by atoms with Gasteiger partial charge in [-0.1, -0.05) is 26.2 Å². The van der Waals surface area contributed by atoms with E-state index < -0.39 is 6.43 Å². The van der Waals surface area contributed by atoms with Crippen LogP contribution in [0.1, 0.15) is 65.2 Å². The molecule has 0 bridgehead atoms. The van der Waals surface area contributed by atoms with Crippen LogP contribution in [0.25, 0.3) is 0 Å². The zero-order chi connectivity index (χ0) is 15.2. The normalized spacial score (nSPS) is 12.7. The number of rotatable bonds is 13. The zero-order valence-electron chi connectivity index (χ0n) is 12.7. The molecule has 0 fully saturated rings. The lowest BCUT2D eigenvalue weighted by molar-refractivity contribution is -0.143. The van der Waals surface area contributed by atoms with Gasteiger partial charge in [-0.2, -0.15) is 11.8 Å². The van der Waals surface area contributed by atoms with Gasteiger partial charge in [-0.25, -0.2) is 8.78 Å². The van der Waals surface area contributed by atoms with Gasteiger partial charge in [0.2, 0.25) is 6.43 Å². The highest BCUT2D eigenvalue weighted by atomic mass is 32.2. The van der Waals surface area contributed by atoms with Gasteiger partial charge >= 0.3 is 5.97 Å². The van der Waals surface area contributed by atoms with Crippen molar-refractivity contribution in [3.05, 3.63) is 0 Å². The summed E-state index contributed by atoms with van der Waals surface area (Å²) in [6.45, 7) is 4.58. The molecule has 2 nitrogen and oxygen atoms in total. The molecule has 20 heavy (non-hydrogen) atoms. The van der Waals surface area contributed by atoms with Crippen molar-refractivity contribution in [3.63, 3.8) is 0 Å². The first-order valence-corrected chi connectivity index (χ1v) is 8.66. The lowest BCUT2D eigenvalue weighted by atomic mass is 10.2. The summed E-state index contributed by atoms with van der Waals surface area (Å²) in [5.41, 5.74) is 0. The molecule has 1 unspecified atom stereocenters. The number of ether oxygens (including phenoxy) is 1. The highest BCUT2D eigenvalue weighted by Gasteiger charge is 2.08. The standard InChI is InChI=1S/C15H28F2O2S/c1-3-4-6-10-15(18)19-12-13(2)20-11-8-5-7-9-14(16)17/h13-14H,3-12H2,1-2H3. The van der Waals surface area contributed by atoms with Crippen molar-refractivity contribution in [1.29, 1.82) is 0 Å². The van der Waals surface area contributed by atoms with Gasteiger partial charge in [-0.15, -0.1) is 0 Å². The quantitative estimate of drug-likeness (QED) is 0.351. The van der Waals surface area contributed by atoms with E-state index in [1.165, 1.54) is 0 Å². The van der Waals surface area contributed by atoms with Crippen LogP contribution in [0.3, 0.4) is 0 Å². The molecule has 0 heterocycles. The molecule has 0 saturated heterocycles. The van der Waals surface area contributed by atoms with E-state index in [-0.39, 0.29) is 17.6 Å². The first kappa shape index (κ1) is 19.7. The van der Waals surface area contributed by atoms with E-state index in [0.29, 0.717) is 19.4 Å². The lowest BCUT2D eigenvalue weighted by Gasteiger charge is -2.11. The Morgan fingerprint density at radius 1 is 1.15 bits per heavy atom. The first-order chi connectivity index (χ1) is 9.56. The number of carbonyl (C=O) groups is 1. The number of thioether (sulfide) groups is 1. The average molecular weight is 310 g/mol. The Morgan fingerprint density at radius 2 is 1.90 bits per heavy atom. The number of alkyl halides is 2. The highest BCUT2D eigenvalue weighted by molar-refractivity contribution is 7.99. The molecule has 0 radical (unpaired) electrons. The van der Waals surface area contributed by atoms with Crippen LogP contribution in [-0.4, -0.2) is 30.0 Å². The molecule has 5 heteroatoms. The van der Waals surface area contributed by atoms with E-state index in [1.54, 1.807) is 11.8 Å². The number of halogens is 2. The van der Waals surface area contributed by atoms with Crippen LogP contribution in [0.15, 0.2) is 0 Å². The zero-order valence-corrected chi connectivity index (χ0v) is 13.5. The summed E-state index contributed by atoms with van der Waals surface area (Å²) in [7, 11) is 0. The Kier molecular flexibility index (Phi) is 13.4. The van der Waals surface area contributed by atoms with Crippen LogP contribution >= 0.6 is 11.8 Å². The predicted octanol–water partition coefficient (Wildman–Crippen LogP) is 5.06. The minimum absolute atomic E-state index is 0.00952. The topological polar surface area (TPSA) is 26.3 Å². The Hall–Kier alpha value is -0.320. The van der Waals surface area contributed by atoms with Crippen LogP contribution in [-0.2, 0) is 9.53 Å². The number of unbranched alkanes of at least 4 members (excludes halogenated alkanes) is 4. The third kappa shape index (κ3) is 14.1. The SMILES string of the molecule is CCCCCC(=O)OCC(C)SCCCCCC(F)F. The molecule has 0 aliphatic rings. The second-order valence-corrected chi connectivity index (χ2v) is 6.61. The van der Waals surface area contributed by atoms with Crippen LogP contribution in [0.4, 0.5) is 8.78 Å². The number of esters is 1. The van der Waals surface area contributed by atoms with E-state index in [2.05, 4.69) is 6.92 Å². The van der Waals surface area contributed by atoms with Crippen molar-refractivity contribution in [2.45, 2.75) is 76.9 Å². The van der Waals surface area contributed by atoms with Crippen LogP contribution < -0.4 is 0 Å². The van der Waals surface area contributed by atoms with Gasteiger partial charge < -0.3 is 4.74 Å². The molecule has 0 aromatic carbocycles. The highest BCUT2D eigenvalue weighted by Crippen LogP contribution is 2.15. The minimum Gasteiger partial charge on any atom is -0.465 e. The smallest absolute Gasteiger partial charge is 0.305 e. The van der Waals surface area contributed by atoms with E-state index in [9.17, 15) is 13.6 Å². The van der Waals surface area contributed by atoms with Gasteiger partial charge in [0.15, 0.2) is 0 Å². The Balaban J connectivity index is 3.36. The molecule has 0 aromatic heterocycles. The van der Waals surface area contributed by atoms with E-state index in [4.69, 9.17) is 4.74 Å². The molecule has 0 aromatic rings. The fourth-order valence-corrected chi connectivity index (χ4v) is 2.65. The van der Waals surface area contributed by atoms with Crippen molar-refractivity contribution in [1.82, 2.24) is 0 Å². The Bertz CT molecular complexity index is 238. The molecule has 0 aliphatic heterocycles. The van der Waals surface area contributed by atoms with Crippen molar-refractivity contribution >= 4 is 17.7 Å². The first-order valence-electron chi connectivity index (χ1n) is 7.61. The summed E-state index contributed by atoms with van der Waals surface area (Å²) >= 11 is 1.74. The number of carbonyl (C=O) groups excluding carboxylic acids is 1. The summed E-state index contributed by atoms with van der Waals surface area (Å²) in [5.74, 6) is 0.834. The van der Waals surface area contributed by atoms with Crippen molar-refractivity contribution in [2.75, 3.05) is 12.4 Å². The molecular weight excluding hydrogens is 282 g/mol.